The lowest BCUT2D eigenvalue weighted by Crippen LogP contribution is -2.62. The third kappa shape index (κ3) is 2.86. The Kier molecular flexibility index (Phi) is 4.65. The van der Waals surface area contributed by atoms with E-state index in [0.717, 1.165) is 11.1 Å². The highest BCUT2D eigenvalue weighted by Gasteiger charge is 2.43. The Morgan fingerprint density at radius 2 is 1.84 bits per heavy atom. The van der Waals surface area contributed by atoms with Gasteiger partial charge in [-0.05, 0) is 24.6 Å². The molecule has 0 radical (unpaired) electrons. The number of ether oxygens (including phenoxy) is 1. The van der Waals surface area contributed by atoms with Crippen molar-refractivity contribution in [3.05, 3.63) is 93.2 Å². The van der Waals surface area contributed by atoms with E-state index in [1.807, 2.05) is 35.3 Å². The number of amides is 1. The molecule has 1 amide bonds. The minimum atomic E-state index is -0.624. The Labute approximate surface area is 183 Å². The average molecular weight is 435 g/mol. The predicted octanol–water partition coefficient (Wildman–Crippen LogP) is 2.92. The summed E-state index contributed by atoms with van der Waals surface area (Å²) >= 11 is 0. The van der Waals surface area contributed by atoms with Gasteiger partial charge in [-0.1, -0.05) is 30.3 Å². The number of hydrogen-bond donors (Lipinski definition) is 1. The van der Waals surface area contributed by atoms with E-state index in [9.17, 15) is 19.1 Å². The number of halogens is 1. The molecular weight excluding hydrogens is 413 g/mol. The van der Waals surface area contributed by atoms with E-state index in [4.69, 9.17) is 4.74 Å². The fourth-order valence-electron chi connectivity index (χ4n) is 4.63. The van der Waals surface area contributed by atoms with Crippen LogP contribution in [0.5, 0.6) is 11.5 Å². The van der Waals surface area contributed by atoms with Crippen molar-refractivity contribution in [3.63, 3.8) is 0 Å². The Bertz CT molecular complexity index is 1270. The highest BCUT2D eigenvalue weighted by atomic mass is 19.1. The molecular formula is C24H22FN3O4. The zero-order valence-electron chi connectivity index (χ0n) is 17.7. The zero-order chi connectivity index (χ0) is 22.6. The van der Waals surface area contributed by atoms with Gasteiger partial charge in [0.1, 0.15) is 23.8 Å². The maximum Gasteiger partial charge on any atom is 0.277 e. The summed E-state index contributed by atoms with van der Waals surface area (Å²) in [6.45, 7) is 1.94. The van der Waals surface area contributed by atoms with E-state index in [0.29, 0.717) is 17.7 Å². The van der Waals surface area contributed by atoms with Crippen LogP contribution in [0.3, 0.4) is 0 Å². The lowest BCUT2D eigenvalue weighted by Gasteiger charge is -2.50. The molecule has 8 heteroatoms. The largest absolute Gasteiger partial charge is 0.502 e. The highest BCUT2D eigenvalue weighted by molar-refractivity contribution is 5.96. The average Bonchev–Trinajstić information content (AvgIpc) is 2.78. The van der Waals surface area contributed by atoms with Crippen LogP contribution >= 0.6 is 0 Å². The third-order valence-electron chi connectivity index (χ3n) is 6.25. The minimum Gasteiger partial charge on any atom is -0.502 e. The molecule has 1 N–H and O–H groups in total. The maximum atomic E-state index is 14.4. The van der Waals surface area contributed by atoms with E-state index >= 15 is 0 Å². The van der Waals surface area contributed by atoms with E-state index in [-0.39, 0.29) is 18.1 Å². The molecule has 2 aromatic carbocycles. The Hall–Kier alpha value is -3.81. The Morgan fingerprint density at radius 3 is 2.59 bits per heavy atom. The smallest absolute Gasteiger partial charge is 0.277 e. The molecule has 3 heterocycles. The quantitative estimate of drug-likeness (QED) is 0.636. The second-order valence-electron chi connectivity index (χ2n) is 8.04. The van der Waals surface area contributed by atoms with Crippen molar-refractivity contribution in [2.24, 2.45) is 0 Å². The van der Waals surface area contributed by atoms with Crippen molar-refractivity contribution in [1.82, 2.24) is 9.58 Å². The molecule has 0 fully saturated rings. The maximum absolute atomic E-state index is 14.4. The summed E-state index contributed by atoms with van der Waals surface area (Å²) in [6, 6.07) is 13.5. The van der Waals surface area contributed by atoms with E-state index in [1.54, 1.807) is 24.7 Å². The van der Waals surface area contributed by atoms with Crippen LogP contribution < -0.4 is 15.2 Å². The Balaban J connectivity index is 1.85. The molecule has 0 aliphatic carbocycles. The molecule has 2 atom stereocenters. The van der Waals surface area contributed by atoms with E-state index < -0.39 is 29.3 Å². The first-order chi connectivity index (χ1) is 15.4. The number of fused-ring (bicyclic) bond motifs is 4. The van der Waals surface area contributed by atoms with Crippen molar-refractivity contribution < 1.29 is 19.0 Å². The molecule has 2 aliphatic heterocycles. The van der Waals surface area contributed by atoms with Crippen LogP contribution in [-0.4, -0.2) is 40.4 Å². The summed E-state index contributed by atoms with van der Waals surface area (Å²) in [6.07, 6.45) is 1.51. The summed E-state index contributed by atoms with van der Waals surface area (Å²) in [4.78, 5) is 26.8. The zero-order valence-corrected chi connectivity index (χ0v) is 17.7. The Morgan fingerprint density at radius 1 is 1.09 bits per heavy atom. The molecule has 3 aromatic rings. The van der Waals surface area contributed by atoms with Crippen molar-refractivity contribution >= 4 is 5.91 Å². The monoisotopic (exact) mass is 435 g/mol. The molecule has 164 valence electrons. The van der Waals surface area contributed by atoms with Crippen LogP contribution in [0.4, 0.5) is 4.39 Å². The van der Waals surface area contributed by atoms with E-state index in [1.165, 1.54) is 23.2 Å². The predicted molar refractivity (Wildman–Crippen MR) is 116 cm³/mol. The van der Waals surface area contributed by atoms with Crippen LogP contribution in [0.15, 0.2) is 59.5 Å². The van der Waals surface area contributed by atoms with Crippen molar-refractivity contribution in [3.8, 4) is 11.5 Å². The molecule has 0 saturated heterocycles. The van der Waals surface area contributed by atoms with Crippen LogP contribution in [0.25, 0.3) is 0 Å². The van der Waals surface area contributed by atoms with E-state index in [2.05, 4.69) is 0 Å². The molecule has 2 unspecified atom stereocenters. The van der Waals surface area contributed by atoms with Gasteiger partial charge in [0, 0.05) is 36.9 Å². The standard InChI is InChI=1S/C24H22FN3O4/c1-14-17(25)9-8-16-20(15-6-4-3-5-7-15)28-19(11-13-32-23(14)16)26(2)24(31)21-22(30)18(29)10-12-27(21)28/h3-10,12,19-20,30H,11,13H2,1-2H3. The molecule has 7 nitrogen and oxygen atoms in total. The van der Waals surface area contributed by atoms with Crippen molar-refractivity contribution in [2.75, 3.05) is 18.7 Å². The SMILES string of the molecule is Cc1c(F)ccc2c1OCCC1N(C)C(=O)c3c(O)c(=O)ccn3N1C2c1ccccc1. The number of aromatic hydroxyl groups is 1. The van der Waals surface area contributed by atoms with Gasteiger partial charge in [-0.2, -0.15) is 0 Å². The molecule has 0 bridgehead atoms. The van der Waals surface area contributed by atoms with Gasteiger partial charge in [0.25, 0.3) is 5.91 Å². The number of pyridine rings is 1. The first-order valence-corrected chi connectivity index (χ1v) is 10.4. The topological polar surface area (TPSA) is 75.0 Å². The van der Waals surface area contributed by atoms with Gasteiger partial charge in [-0.15, -0.1) is 0 Å². The van der Waals surface area contributed by atoms with Gasteiger partial charge in [-0.25, -0.2) is 4.39 Å². The van der Waals surface area contributed by atoms with Gasteiger partial charge in [0.2, 0.25) is 5.43 Å². The molecule has 0 spiro atoms. The number of aromatic nitrogens is 1. The summed E-state index contributed by atoms with van der Waals surface area (Å²) in [7, 11) is 1.64. The summed E-state index contributed by atoms with van der Waals surface area (Å²) < 4.78 is 22.0. The van der Waals surface area contributed by atoms with Crippen LogP contribution in [0.1, 0.15) is 39.6 Å². The summed E-state index contributed by atoms with van der Waals surface area (Å²) in [5, 5.41) is 12.4. The van der Waals surface area contributed by atoms with Crippen LogP contribution in [0, 0.1) is 12.7 Å². The van der Waals surface area contributed by atoms with Crippen molar-refractivity contribution in [2.45, 2.75) is 25.6 Å². The second-order valence-corrected chi connectivity index (χ2v) is 8.04. The number of rotatable bonds is 1. The van der Waals surface area contributed by atoms with Gasteiger partial charge < -0.3 is 14.7 Å². The summed E-state index contributed by atoms with van der Waals surface area (Å²) in [5.41, 5.74) is 1.31. The number of carbonyl (C=O) groups excluding carboxylic acids is 1. The molecule has 2 aliphatic rings. The van der Waals surface area contributed by atoms with Gasteiger partial charge in [0.05, 0.1) is 6.61 Å². The lowest BCUT2D eigenvalue weighted by molar-refractivity contribution is 0.0573. The molecule has 1 aromatic heterocycles. The molecule has 5 rings (SSSR count). The minimum absolute atomic E-state index is 0.0981. The molecule has 32 heavy (non-hydrogen) atoms. The third-order valence-corrected chi connectivity index (χ3v) is 6.25. The first kappa shape index (κ1) is 20.1. The number of hydrogen-bond acceptors (Lipinski definition) is 5. The van der Waals surface area contributed by atoms with Gasteiger partial charge in [0.15, 0.2) is 11.4 Å². The lowest BCUT2D eigenvalue weighted by atomic mass is 9.93. The number of carbonyl (C=O) groups is 1. The fraction of sp³-hybridized carbons (Fsp3) is 0.250. The van der Waals surface area contributed by atoms with Gasteiger partial charge >= 0.3 is 0 Å². The van der Waals surface area contributed by atoms with Crippen molar-refractivity contribution in [1.29, 1.82) is 0 Å². The van der Waals surface area contributed by atoms with Crippen LogP contribution in [-0.2, 0) is 0 Å². The molecule has 0 saturated carbocycles. The summed E-state index contributed by atoms with van der Waals surface area (Å²) in [5.74, 6) is -0.947. The fourth-order valence-corrected chi connectivity index (χ4v) is 4.63. The van der Waals surface area contributed by atoms with Gasteiger partial charge in [-0.3, -0.25) is 19.3 Å². The number of benzene rings is 2. The number of nitrogens with zero attached hydrogens (tertiary/aromatic N) is 3. The van der Waals surface area contributed by atoms with Crippen LogP contribution in [0.2, 0.25) is 0 Å². The normalized spacial score (nSPS) is 19.9. The highest BCUT2D eigenvalue weighted by Crippen LogP contribution is 2.42. The first-order valence-electron chi connectivity index (χ1n) is 10.4. The second kappa shape index (κ2) is 7.40.